The molecule has 0 heterocycles. The van der Waals surface area contributed by atoms with Gasteiger partial charge in [0.05, 0.1) is 6.10 Å². The number of rotatable bonds is 4. The zero-order valence-corrected chi connectivity index (χ0v) is 9.05. The Labute approximate surface area is 76.5 Å². The Morgan fingerprint density at radius 1 is 1.08 bits per heavy atom. The van der Waals surface area contributed by atoms with Gasteiger partial charge in [0.25, 0.3) is 0 Å². The molecule has 1 unspecified atom stereocenters. The Morgan fingerprint density at radius 3 is 1.67 bits per heavy atom. The molecule has 0 radical (unpaired) electrons. The summed E-state index contributed by atoms with van der Waals surface area (Å²) in [6, 6.07) is 0. The van der Waals surface area contributed by atoms with Gasteiger partial charge in [-0.3, -0.25) is 0 Å². The molecule has 0 bridgehead atoms. The van der Waals surface area contributed by atoms with Crippen LogP contribution in [0.3, 0.4) is 0 Å². The first-order chi connectivity index (χ1) is 5.54. The van der Waals surface area contributed by atoms with Gasteiger partial charge < -0.3 is 4.74 Å². The third-order valence-electron chi connectivity index (χ3n) is 3.40. The average molecular weight is 170 g/mol. The summed E-state index contributed by atoms with van der Waals surface area (Å²) in [5.41, 5.74) is 0.517. The fraction of sp³-hybridized carbons (Fsp3) is 1.00. The Kier molecular flexibility index (Phi) is 2.82. The first kappa shape index (κ1) is 10.0. The van der Waals surface area contributed by atoms with Crippen molar-refractivity contribution >= 4 is 0 Å². The maximum Gasteiger partial charge on any atom is 0.0652 e. The van der Waals surface area contributed by atoms with Crippen LogP contribution < -0.4 is 0 Å². The standard InChI is InChI=1S/C11H22O/c1-8(2)10(12-5)11(6-7-11)9(3)4/h8-10H,6-7H2,1-5H3. The number of methoxy groups -OCH3 is 1. The minimum absolute atomic E-state index is 0.470. The fourth-order valence-corrected chi connectivity index (χ4v) is 2.51. The summed E-state index contributed by atoms with van der Waals surface area (Å²) in [7, 11) is 1.85. The van der Waals surface area contributed by atoms with Gasteiger partial charge in [-0.25, -0.2) is 0 Å². The summed E-state index contributed by atoms with van der Waals surface area (Å²) in [5, 5.41) is 0. The Morgan fingerprint density at radius 2 is 1.58 bits per heavy atom. The molecule has 1 aliphatic carbocycles. The molecule has 0 aromatic rings. The third kappa shape index (κ3) is 1.52. The van der Waals surface area contributed by atoms with Gasteiger partial charge in [0.2, 0.25) is 0 Å². The second-order valence-electron chi connectivity index (χ2n) is 4.79. The molecule has 1 saturated carbocycles. The molecule has 0 saturated heterocycles. The minimum atomic E-state index is 0.470. The zero-order valence-electron chi connectivity index (χ0n) is 9.05. The van der Waals surface area contributed by atoms with Gasteiger partial charge in [-0.05, 0) is 30.1 Å². The third-order valence-corrected chi connectivity index (χ3v) is 3.40. The van der Waals surface area contributed by atoms with E-state index in [9.17, 15) is 0 Å². The zero-order chi connectivity index (χ0) is 9.35. The largest absolute Gasteiger partial charge is 0.381 e. The summed E-state index contributed by atoms with van der Waals surface area (Å²) >= 11 is 0. The van der Waals surface area contributed by atoms with E-state index in [-0.39, 0.29) is 0 Å². The van der Waals surface area contributed by atoms with Crippen molar-refractivity contribution in [3.8, 4) is 0 Å². The fourth-order valence-electron chi connectivity index (χ4n) is 2.51. The second kappa shape index (κ2) is 3.37. The summed E-state index contributed by atoms with van der Waals surface area (Å²) in [4.78, 5) is 0. The molecular weight excluding hydrogens is 148 g/mol. The lowest BCUT2D eigenvalue weighted by molar-refractivity contribution is -0.0133. The van der Waals surface area contributed by atoms with Crippen LogP contribution in [0.15, 0.2) is 0 Å². The number of ether oxygens (including phenoxy) is 1. The maximum atomic E-state index is 5.60. The molecule has 1 atom stereocenters. The molecule has 12 heavy (non-hydrogen) atoms. The average Bonchev–Trinajstić information content (AvgIpc) is 2.69. The molecule has 0 aromatic carbocycles. The second-order valence-corrected chi connectivity index (χ2v) is 4.79. The summed E-state index contributed by atoms with van der Waals surface area (Å²) < 4.78 is 5.60. The van der Waals surface area contributed by atoms with Crippen LogP contribution >= 0.6 is 0 Å². The molecule has 1 aliphatic rings. The first-order valence-electron chi connectivity index (χ1n) is 5.07. The molecule has 72 valence electrons. The molecule has 0 aromatic heterocycles. The highest BCUT2D eigenvalue weighted by molar-refractivity contribution is 5.02. The van der Waals surface area contributed by atoms with E-state index in [0.717, 1.165) is 5.92 Å². The van der Waals surface area contributed by atoms with Crippen LogP contribution in [0.4, 0.5) is 0 Å². The van der Waals surface area contributed by atoms with Crippen molar-refractivity contribution in [2.75, 3.05) is 7.11 Å². The van der Waals surface area contributed by atoms with Crippen LogP contribution in [0.1, 0.15) is 40.5 Å². The Hall–Kier alpha value is -0.0400. The smallest absolute Gasteiger partial charge is 0.0652 e. The first-order valence-corrected chi connectivity index (χ1v) is 5.07. The SMILES string of the molecule is COC(C(C)C)C1(C(C)C)CC1. The van der Waals surface area contributed by atoms with Crippen molar-refractivity contribution in [1.29, 1.82) is 0 Å². The van der Waals surface area contributed by atoms with E-state index in [1.807, 2.05) is 7.11 Å². The molecular formula is C11H22O. The van der Waals surface area contributed by atoms with Crippen LogP contribution in [-0.2, 0) is 4.74 Å². The molecule has 1 fully saturated rings. The highest BCUT2D eigenvalue weighted by Crippen LogP contribution is 2.57. The Bertz CT molecular complexity index is 145. The van der Waals surface area contributed by atoms with Crippen molar-refractivity contribution in [3.63, 3.8) is 0 Å². The van der Waals surface area contributed by atoms with E-state index < -0.39 is 0 Å². The van der Waals surface area contributed by atoms with Crippen LogP contribution in [-0.4, -0.2) is 13.2 Å². The van der Waals surface area contributed by atoms with Gasteiger partial charge in [0.1, 0.15) is 0 Å². The van der Waals surface area contributed by atoms with Crippen LogP contribution in [0.25, 0.3) is 0 Å². The van der Waals surface area contributed by atoms with Gasteiger partial charge >= 0.3 is 0 Å². The summed E-state index contributed by atoms with van der Waals surface area (Å²) in [5.74, 6) is 1.42. The lowest BCUT2D eigenvalue weighted by Crippen LogP contribution is -2.33. The summed E-state index contributed by atoms with van der Waals surface area (Å²) in [6.07, 6.45) is 3.19. The van der Waals surface area contributed by atoms with Crippen LogP contribution in [0, 0.1) is 17.3 Å². The van der Waals surface area contributed by atoms with Crippen molar-refractivity contribution in [3.05, 3.63) is 0 Å². The van der Waals surface area contributed by atoms with Gasteiger partial charge in [0, 0.05) is 7.11 Å². The highest BCUT2D eigenvalue weighted by Gasteiger charge is 2.52. The molecule has 1 heteroatoms. The normalized spacial score (nSPS) is 23.2. The van der Waals surface area contributed by atoms with Crippen molar-refractivity contribution in [1.82, 2.24) is 0 Å². The quantitative estimate of drug-likeness (QED) is 0.630. The molecule has 0 spiro atoms. The van der Waals surface area contributed by atoms with Gasteiger partial charge in [0.15, 0.2) is 0 Å². The highest BCUT2D eigenvalue weighted by atomic mass is 16.5. The van der Waals surface area contributed by atoms with E-state index in [0.29, 0.717) is 17.4 Å². The van der Waals surface area contributed by atoms with Crippen LogP contribution in [0.2, 0.25) is 0 Å². The predicted octanol–water partition coefficient (Wildman–Crippen LogP) is 3.09. The van der Waals surface area contributed by atoms with Crippen molar-refractivity contribution in [2.45, 2.75) is 46.6 Å². The van der Waals surface area contributed by atoms with Gasteiger partial charge in [-0.1, -0.05) is 27.7 Å². The van der Waals surface area contributed by atoms with E-state index in [1.165, 1.54) is 12.8 Å². The van der Waals surface area contributed by atoms with Crippen molar-refractivity contribution < 1.29 is 4.74 Å². The monoisotopic (exact) mass is 170 g/mol. The molecule has 0 N–H and O–H groups in total. The van der Waals surface area contributed by atoms with E-state index in [4.69, 9.17) is 4.74 Å². The minimum Gasteiger partial charge on any atom is -0.381 e. The van der Waals surface area contributed by atoms with E-state index >= 15 is 0 Å². The topological polar surface area (TPSA) is 9.23 Å². The predicted molar refractivity (Wildman–Crippen MR) is 52.1 cm³/mol. The number of hydrogen-bond acceptors (Lipinski definition) is 1. The van der Waals surface area contributed by atoms with Crippen molar-refractivity contribution in [2.24, 2.45) is 17.3 Å². The van der Waals surface area contributed by atoms with Gasteiger partial charge in [-0.15, -0.1) is 0 Å². The molecule has 0 amide bonds. The van der Waals surface area contributed by atoms with E-state index in [2.05, 4.69) is 27.7 Å². The molecule has 0 aliphatic heterocycles. The maximum absolute atomic E-state index is 5.60. The number of hydrogen-bond donors (Lipinski definition) is 0. The van der Waals surface area contributed by atoms with Crippen LogP contribution in [0.5, 0.6) is 0 Å². The van der Waals surface area contributed by atoms with E-state index in [1.54, 1.807) is 0 Å². The lowest BCUT2D eigenvalue weighted by Gasteiger charge is -2.32. The molecule has 1 nitrogen and oxygen atoms in total. The lowest BCUT2D eigenvalue weighted by atomic mass is 9.81. The summed E-state index contributed by atoms with van der Waals surface area (Å²) in [6.45, 7) is 9.16. The Balaban J connectivity index is 2.65. The van der Waals surface area contributed by atoms with Gasteiger partial charge in [-0.2, -0.15) is 0 Å². The molecule has 1 rings (SSSR count).